The Hall–Kier alpha value is -1.06. The summed E-state index contributed by atoms with van der Waals surface area (Å²) in [4.78, 5) is 11.8. The van der Waals surface area contributed by atoms with Crippen LogP contribution in [-0.4, -0.2) is 18.4 Å². The molecule has 1 rings (SSSR count). The van der Waals surface area contributed by atoms with E-state index in [1.165, 1.54) is 0 Å². The van der Waals surface area contributed by atoms with E-state index in [2.05, 4.69) is 0 Å². The van der Waals surface area contributed by atoms with Gasteiger partial charge in [0.1, 0.15) is 11.5 Å². The first-order valence-corrected chi connectivity index (χ1v) is 5.82. The van der Waals surface area contributed by atoms with E-state index in [4.69, 9.17) is 22.1 Å². The highest BCUT2D eigenvalue weighted by Gasteiger charge is 2.18. The third kappa shape index (κ3) is 4.75. The molecule has 2 N–H and O–H groups in total. The van der Waals surface area contributed by atoms with Gasteiger partial charge in [0.25, 0.3) is 0 Å². The van der Waals surface area contributed by atoms with Crippen LogP contribution in [0.5, 0.6) is 5.75 Å². The van der Waals surface area contributed by atoms with Gasteiger partial charge in [-0.15, -0.1) is 0 Å². The molecular formula is C13H18ClNO2. The Balaban J connectivity index is 2.80. The van der Waals surface area contributed by atoms with Gasteiger partial charge in [0, 0.05) is 29.0 Å². The van der Waals surface area contributed by atoms with Crippen molar-refractivity contribution < 1.29 is 9.53 Å². The highest BCUT2D eigenvalue weighted by molar-refractivity contribution is 6.30. The molecule has 1 aromatic rings. The molecule has 3 nitrogen and oxygen atoms in total. The Morgan fingerprint density at radius 3 is 2.65 bits per heavy atom. The zero-order chi connectivity index (χ0) is 13.1. The number of benzene rings is 1. The van der Waals surface area contributed by atoms with Crippen molar-refractivity contribution in [3.63, 3.8) is 0 Å². The maximum absolute atomic E-state index is 11.8. The summed E-state index contributed by atoms with van der Waals surface area (Å²) in [5.74, 6) is 0.760. The number of carbonyl (C=O) groups excluding carboxylic acids is 1. The Labute approximate surface area is 107 Å². The Kier molecular flexibility index (Phi) is 4.54. The van der Waals surface area contributed by atoms with Crippen molar-refractivity contribution in [2.75, 3.05) is 7.11 Å². The second-order valence-corrected chi connectivity index (χ2v) is 5.27. The second-order valence-electron chi connectivity index (χ2n) is 4.84. The highest BCUT2D eigenvalue weighted by atomic mass is 35.5. The van der Waals surface area contributed by atoms with Crippen LogP contribution in [0.15, 0.2) is 18.2 Å². The van der Waals surface area contributed by atoms with Crippen LogP contribution < -0.4 is 10.5 Å². The molecule has 0 bridgehead atoms. The smallest absolute Gasteiger partial charge is 0.139 e. The molecule has 0 aliphatic rings. The van der Waals surface area contributed by atoms with Crippen molar-refractivity contribution in [1.82, 2.24) is 0 Å². The first-order valence-electron chi connectivity index (χ1n) is 5.45. The topological polar surface area (TPSA) is 52.3 Å². The third-order valence-electron chi connectivity index (χ3n) is 2.28. The number of ether oxygens (including phenoxy) is 1. The average molecular weight is 256 g/mol. The van der Waals surface area contributed by atoms with Crippen LogP contribution in [0.4, 0.5) is 0 Å². The molecule has 4 heteroatoms. The van der Waals surface area contributed by atoms with Gasteiger partial charge in [-0.05, 0) is 32.0 Å². The number of hydrogen-bond acceptors (Lipinski definition) is 3. The van der Waals surface area contributed by atoms with Crippen LogP contribution in [0.3, 0.4) is 0 Å². The Bertz CT molecular complexity index is 410. The van der Waals surface area contributed by atoms with E-state index >= 15 is 0 Å². The summed E-state index contributed by atoms with van der Waals surface area (Å²) in [5, 5.41) is 0.598. The van der Waals surface area contributed by atoms with Crippen LogP contribution in [0.2, 0.25) is 5.02 Å². The average Bonchev–Trinajstić information content (AvgIpc) is 2.14. The standard InChI is InChI=1S/C13H18ClNO2/c1-13(2,15)8-11(16)7-9-6-10(14)4-5-12(9)17-3/h4-6H,7-8,15H2,1-3H3. The summed E-state index contributed by atoms with van der Waals surface area (Å²) in [6, 6.07) is 5.25. The Morgan fingerprint density at radius 2 is 2.12 bits per heavy atom. The molecule has 0 fully saturated rings. The molecule has 0 atom stereocenters. The van der Waals surface area contributed by atoms with Gasteiger partial charge in [-0.3, -0.25) is 4.79 Å². The van der Waals surface area contributed by atoms with Crippen LogP contribution in [-0.2, 0) is 11.2 Å². The zero-order valence-corrected chi connectivity index (χ0v) is 11.2. The first-order chi connectivity index (χ1) is 7.81. The SMILES string of the molecule is COc1ccc(Cl)cc1CC(=O)CC(C)(C)N. The number of methoxy groups -OCH3 is 1. The molecule has 0 unspecified atom stereocenters. The van der Waals surface area contributed by atoms with Crippen molar-refractivity contribution in [1.29, 1.82) is 0 Å². The van der Waals surface area contributed by atoms with E-state index in [0.717, 1.165) is 5.56 Å². The zero-order valence-electron chi connectivity index (χ0n) is 10.4. The lowest BCUT2D eigenvalue weighted by atomic mass is 9.95. The van der Waals surface area contributed by atoms with E-state index in [1.807, 2.05) is 13.8 Å². The van der Waals surface area contributed by atoms with E-state index in [1.54, 1.807) is 25.3 Å². The van der Waals surface area contributed by atoms with E-state index in [0.29, 0.717) is 23.6 Å². The molecule has 0 heterocycles. The lowest BCUT2D eigenvalue weighted by molar-refractivity contribution is -0.119. The minimum atomic E-state index is -0.483. The normalized spacial score (nSPS) is 11.4. The molecule has 0 aliphatic carbocycles. The van der Waals surface area contributed by atoms with Gasteiger partial charge in [-0.2, -0.15) is 0 Å². The Morgan fingerprint density at radius 1 is 1.47 bits per heavy atom. The predicted molar refractivity (Wildman–Crippen MR) is 69.6 cm³/mol. The van der Waals surface area contributed by atoms with E-state index in [-0.39, 0.29) is 5.78 Å². The number of Topliss-reactive ketones (excluding diaryl/α,β-unsaturated/α-hetero) is 1. The van der Waals surface area contributed by atoms with Crippen molar-refractivity contribution in [3.8, 4) is 5.75 Å². The molecule has 1 aromatic carbocycles. The van der Waals surface area contributed by atoms with Gasteiger partial charge < -0.3 is 10.5 Å². The maximum atomic E-state index is 11.8. The van der Waals surface area contributed by atoms with Crippen LogP contribution in [0.25, 0.3) is 0 Å². The minimum Gasteiger partial charge on any atom is -0.496 e. The fraction of sp³-hybridized carbons (Fsp3) is 0.462. The van der Waals surface area contributed by atoms with Crippen LogP contribution in [0.1, 0.15) is 25.8 Å². The molecule has 0 radical (unpaired) electrons. The highest BCUT2D eigenvalue weighted by Crippen LogP contribution is 2.24. The predicted octanol–water partition coefficient (Wildman–Crippen LogP) is 2.59. The second kappa shape index (κ2) is 5.52. The number of rotatable bonds is 5. The number of ketones is 1. The van der Waals surface area contributed by atoms with Gasteiger partial charge in [-0.1, -0.05) is 11.6 Å². The first kappa shape index (κ1) is 14.0. The van der Waals surface area contributed by atoms with E-state index in [9.17, 15) is 4.79 Å². The third-order valence-corrected chi connectivity index (χ3v) is 2.52. The summed E-state index contributed by atoms with van der Waals surface area (Å²) in [5.41, 5.74) is 6.13. The molecule has 0 saturated carbocycles. The summed E-state index contributed by atoms with van der Waals surface area (Å²) in [7, 11) is 1.57. The molecule has 0 saturated heterocycles. The maximum Gasteiger partial charge on any atom is 0.139 e. The fourth-order valence-corrected chi connectivity index (χ4v) is 1.86. The molecule has 17 heavy (non-hydrogen) atoms. The summed E-state index contributed by atoms with van der Waals surface area (Å²) in [6.45, 7) is 3.67. The van der Waals surface area contributed by atoms with Crippen molar-refractivity contribution >= 4 is 17.4 Å². The van der Waals surface area contributed by atoms with E-state index < -0.39 is 5.54 Å². The lowest BCUT2D eigenvalue weighted by Crippen LogP contribution is -2.35. The van der Waals surface area contributed by atoms with Crippen molar-refractivity contribution in [2.24, 2.45) is 5.73 Å². The molecular weight excluding hydrogens is 238 g/mol. The van der Waals surface area contributed by atoms with Gasteiger partial charge in [0.2, 0.25) is 0 Å². The number of hydrogen-bond donors (Lipinski definition) is 1. The molecule has 0 spiro atoms. The van der Waals surface area contributed by atoms with Gasteiger partial charge >= 0.3 is 0 Å². The fourth-order valence-electron chi connectivity index (χ4n) is 1.67. The largest absolute Gasteiger partial charge is 0.496 e. The van der Waals surface area contributed by atoms with Crippen LogP contribution >= 0.6 is 11.6 Å². The molecule has 0 aromatic heterocycles. The quantitative estimate of drug-likeness (QED) is 0.880. The molecule has 0 aliphatic heterocycles. The number of nitrogens with two attached hydrogens (primary N) is 1. The van der Waals surface area contributed by atoms with Gasteiger partial charge in [0.05, 0.1) is 7.11 Å². The van der Waals surface area contributed by atoms with Crippen molar-refractivity contribution in [2.45, 2.75) is 32.2 Å². The summed E-state index contributed by atoms with van der Waals surface area (Å²) in [6.07, 6.45) is 0.632. The summed E-state index contributed by atoms with van der Waals surface area (Å²) < 4.78 is 5.19. The minimum absolute atomic E-state index is 0.0815. The monoisotopic (exact) mass is 255 g/mol. The van der Waals surface area contributed by atoms with Gasteiger partial charge in [-0.25, -0.2) is 0 Å². The molecule has 0 amide bonds. The summed E-state index contributed by atoms with van der Waals surface area (Å²) >= 11 is 5.90. The van der Waals surface area contributed by atoms with Crippen molar-refractivity contribution in [3.05, 3.63) is 28.8 Å². The number of carbonyl (C=O) groups is 1. The van der Waals surface area contributed by atoms with Crippen LogP contribution in [0, 0.1) is 0 Å². The van der Waals surface area contributed by atoms with Gasteiger partial charge in [0.15, 0.2) is 0 Å². The lowest BCUT2D eigenvalue weighted by Gasteiger charge is -2.17. The molecule has 94 valence electrons. The number of halogens is 1.